The first kappa shape index (κ1) is 19.3. The van der Waals surface area contributed by atoms with E-state index in [2.05, 4.69) is 118 Å². The lowest BCUT2D eigenvalue weighted by molar-refractivity contribution is 1.42. The summed E-state index contributed by atoms with van der Waals surface area (Å²) in [5.41, 5.74) is 13.0. The van der Waals surface area contributed by atoms with E-state index in [0.29, 0.717) is 0 Å². The van der Waals surface area contributed by atoms with E-state index in [9.17, 15) is 0 Å². The Morgan fingerprint density at radius 2 is 1.13 bits per heavy atom. The third kappa shape index (κ3) is 3.64. The Labute approximate surface area is 184 Å². The van der Waals surface area contributed by atoms with Crippen molar-refractivity contribution in [3.8, 4) is 0 Å². The lowest BCUT2D eigenvalue weighted by Crippen LogP contribution is -2.04. The minimum atomic E-state index is 1.04. The molecule has 0 saturated carbocycles. The molecular formula is C30H25N. The quantitative estimate of drug-likeness (QED) is 0.334. The van der Waals surface area contributed by atoms with Crippen LogP contribution >= 0.6 is 0 Å². The maximum Gasteiger partial charge on any atom is 0.0795 e. The van der Waals surface area contributed by atoms with Crippen LogP contribution in [-0.4, -0.2) is 5.71 Å². The molecule has 1 aliphatic heterocycles. The van der Waals surface area contributed by atoms with Gasteiger partial charge in [0.1, 0.15) is 0 Å². The Kier molecular flexibility index (Phi) is 4.88. The molecule has 1 heteroatoms. The van der Waals surface area contributed by atoms with Crippen molar-refractivity contribution in [1.82, 2.24) is 0 Å². The average Bonchev–Trinajstić information content (AvgIpc) is 3.15. The van der Waals surface area contributed by atoms with Gasteiger partial charge < -0.3 is 0 Å². The van der Waals surface area contributed by atoms with Gasteiger partial charge in [-0.05, 0) is 49.6 Å². The average molecular weight is 400 g/mol. The van der Waals surface area contributed by atoms with Gasteiger partial charge in [0.2, 0.25) is 0 Å². The standard InChI is InChI=1S/C30H25N/c1-20-9-14-23(15-10-20)28(24-16-11-21(2)12-17-24)29-26-19-22(3)13-18-27(26)31-30(29)25-7-5-4-6-8-25/h4-19H,1-3H3. The summed E-state index contributed by atoms with van der Waals surface area (Å²) >= 11 is 0. The third-order valence-corrected chi connectivity index (χ3v) is 5.87. The molecule has 0 saturated heterocycles. The highest BCUT2D eigenvalue weighted by Crippen LogP contribution is 2.43. The number of benzene rings is 4. The van der Waals surface area contributed by atoms with Crippen LogP contribution in [0, 0.1) is 20.8 Å². The highest BCUT2D eigenvalue weighted by molar-refractivity contribution is 6.41. The molecule has 1 aliphatic rings. The van der Waals surface area contributed by atoms with Crippen LogP contribution in [-0.2, 0) is 0 Å². The molecule has 1 nitrogen and oxygen atoms in total. The summed E-state index contributed by atoms with van der Waals surface area (Å²) in [5, 5.41) is 0. The summed E-state index contributed by atoms with van der Waals surface area (Å²) in [7, 11) is 0. The van der Waals surface area contributed by atoms with Gasteiger partial charge in [0.15, 0.2) is 0 Å². The third-order valence-electron chi connectivity index (χ3n) is 5.87. The number of hydrogen-bond donors (Lipinski definition) is 0. The molecule has 0 unspecified atom stereocenters. The summed E-state index contributed by atoms with van der Waals surface area (Å²) < 4.78 is 0. The zero-order chi connectivity index (χ0) is 21.4. The summed E-state index contributed by atoms with van der Waals surface area (Å²) in [6, 6.07) is 34.8. The number of aryl methyl sites for hydroxylation is 3. The Hall–Kier alpha value is -3.71. The predicted molar refractivity (Wildman–Crippen MR) is 132 cm³/mol. The SMILES string of the molecule is Cc1ccc(C(=C2C(c3ccccc3)=Nc3ccc(C)cc32)c2ccc(C)cc2)cc1. The Balaban J connectivity index is 1.87. The van der Waals surface area contributed by atoms with Gasteiger partial charge in [0.05, 0.1) is 11.4 Å². The molecule has 31 heavy (non-hydrogen) atoms. The molecule has 1 heterocycles. The molecule has 0 aromatic heterocycles. The maximum atomic E-state index is 5.11. The first-order valence-electron chi connectivity index (χ1n) is 10.7. The lowest BCUT2D eigenvalue weighted by atomic mass is 9.85. The number of rotatable bonds is 3. The highest BCUT2D eigenvalue weighted by Gasteiger charge is 2.27. The highest BCUT2D eigenvalue weighted by atomic mass is 14.8. The van der Waals surface area contributed by atoms with Crippen LogP contribution in [0.15, 0.2) is 102 Å². The molecule has 0 atom stereocenters. The van der Waals surface area contributed by atoms with Crippen molar-refractivity contribution in [3.05, 3.63) is 136 Å². The fraction of sp³-hybridized carbons (Fsp3) is 0.100. The van der Waals surface area contributed by atoms with Crippen LogP contribution in [0.2, 0.25) is 0 Å². The van der Waals surface area contributed by atoms with Gasteiger partial charge in [0, 0.05) is 16.7 Å². The smallest absolute Gasteiger partial charge is 0.0795 e. The Morgan fingerprint density at radius 1 is 0.581 bits per heavy atom. The Bertz CT molecular complexity index is 1260. The van der Waals surface area contributed by atoms with Gasteiger partial charge in [-0.2, -0.15) is 0 Å². The number of hydrogen-bond acceptors (Lipinski definition) is 1. The molecule has 0 bridgehead atoms. The van der Waals surface area contributed by atoms with Gasteiger partial charge in [0.25, 0.3) is 0 Å². The molecule has 150 valence electrons. The molecule has 0 N–H and O–H groups in total. The maximum absolute atomic E-state index is 5.11. The number of aliphatic imine (C=N–C) groups is 1. The molecule has 0 spiro atoms. The Morgan fingerprint density at radius 3 is 1.71 bits per heavy atom. The monoisotopic (exact) mass is 399 g/mol. The van der Waals surface area contributed by atoms with Crippen molar-refractivity contribution in [1.29, 1.82) is 0 Å². The van der Waals surface area contributed by atoms with Crippen LogP contribution in [0.1, 0.15) is 38.9 Å². The van der Waals surface area contributed by atoms with E-state index in [4.69, 9.17) is 4.99 Å². The van der Waals surface area contributed by atoms with Crippen LogP contribution in [0.3, 0.4) is 0 Å². The fourth-order valence-electron chi connectivity index (χ4n) is 4.21. The molecule has 4 aromatic carbocycles. The summed E-state index contributed by atoms with van der Waals surface area (Å²) in [6.07, 6.45) is 0. The van der Waals surface area contributed by atoms with Crippen LogP contribution in [0.4, 0.5) is 5.69 Å². The van der Waals surface area contributed by atoms with E-state index < -0.39 is 0 Å². The summed E-state index contributed by atoms with van der Waals surface area (Å²) in [4.78, 5) is 5.11. The molecule has 0 radical (unpaired) electrons. The summed E-state index contributed by atoms with van der Waals surface area (Å²) in [5.74, 6) is 0. The second kappa shape index (κ2) is 7.85. The summed E-state index contributed by atoms with van der Waals surface area (Å²) in [6.45, 7) is 6.41. The van der Waals surface area contributed by atoms with Crippen molar-refractivity contribution in [2.24, 2.45) is 4.99 Å². The minimum Gasteiger partial charge on any atom is -0.247 e. The minimum absolute atomic E-state index is 1.04. The number of nitrogens with zero attached hydrogens (tertiary/aromatic N) is 1. The number of fused-ring (bicyclic) bond motifs is 1. The van der Waals surface area contributed by atoms with Gasteiger partial charge in [-0.15, -0.1) is 0 Å². The van der Waals surface area contributed by atoms with Gasteiger partial charge in [-0.3, -0.25) is 0 Å². The van der Waals surface area contributed by atoms with Crippen LogP contribution < -0.4 is 0 Å². The largest absolute Gasteiger partial charge is 0.247 e. The van der Waals surface area contributed by atoms with Crippen molar-refractivity contribution < 1.29 is 0 Å². The van der Waals surface area contributed by atoms with Crippen molar-refractivity contribution in [2.45, 2.75) is 20.8 Å². The number of allylic oxidation sites excluding steroid dienone is 1. The topological polar surface area (TPSA) is 12.4 Å². The predicted octanol–water partition coefficient (Wildman–Crippen LogP) is 7.71. The molecule has 5 rings (SSSR count). The fourth-order valence-corrected chi connectivity index (χ4v) is 4.21. The zero-order valence-electron chi connectivity index (χ0n) is 18.2. The molecule has 0 fully saturated rings. The molecule has 0 aliphatic carbocycles. The molecule has 0 amide bonds. The van der Waals surface area contributed by atoms with E-state index in [1.54, 1.807) is 0 Å². The van der Waals surface area contributed by atoms with E-state index >= 15 is 0 Å². The van der Waals surface area contributed by atoms with E-state index in [-0.39, 0.29) is 0 Å². The molecule has 4 aromatic rings. The zero-order valence-corrected chi connectivity index (χ0v) is 18.2. The van der Waals surface area contributed by atoms with Crippen molar-refractivity contribution in [3.63, 3.8) is 0 Å². The van der Waals surface area contributed by atoms with E-state index in [0.717, 1.165) is 17.0 Å². The second-order valence-corrected chi connectivity index (χ2v) is 8.33. The normalized spacial score (nSPS) is 12.5. The van der Waals surface area contributed by atoms with Crippen molar-refractivity contribution >= 4 is 22.5 Å². The van der Waals surface area contributed by atoms with Crippen LogP contribution in [0.25, 0.3) is 11.1 Å². The first-order chi connectivity index (χ1) is 15.1. The van der Waals surface area contributed by atoms with Crippen LogP contribution in [0.5, 0.6) is 0 Å². The van der Waals surface area contributed by atoms with E-state index in [1.807, 2.05) is 0 Å². The van der Waals surface area contributed by atoms with Crippen molar-refractivity contribution in [2.75, 3.05) is 0 Å². The van der Waals surface area contributed by atoms with Gasteiger partial charge >= 0.3 is 0 Å². The van der Waals surface area contributed by atoms with E-state index in [1.165, 1.54) is 44.5 Å². The first-order valence-corrected chi connectivity index (χ1v) is 10.7. The van der Waals surface area contributed by atoms with Gasteiger partial charge in [-0.25, -0.2) is 4.99 Å². The van der Waals surface area contributed by atoms with Gasteiger partial charge in [-0.1, -0.05) is 102 Å². The second-order valence-electron chi connectivity index (χ2n) is 8.33. The molecular weight excluding hydrogens is 374 g/mol. The lowest BCUT2D eigenvalue weighted by Gasteiger charge is -2.17.